The molecule has 0 amide bonds. The molecule has 3 rings (SSSR count). The van der Waals surface area contributed by atoms with Gasteiger partial charge in [0.1, 0.15) is 5.82 Å². The van der Waals surface area contributed by atoms with Gasteiger partial charge in [0.2, 0.25) is 5.75 Å². The fourth-order valence-electron chi connectivity index (χ4n) is 2.35. The molecule has 0 aliphatic carbocycles. The van der Waals surface area contributed by atoms with Crippen LogP contribution in [0.2, 0.25) is 0 Å². The highest BCUT2D eigenvalue weighted by atomic mass is 19.1. The van der Waals surface area contributed by atoms with E-state index in [1.807, 2.05) is 30.3 Å². The largest absolute Gasteiger partial charge is 0.502 e. The van der Waals surface area contributed by atoms with E-state index in [9.17, 15) is 14.3 Å². The van der Waals surface area contributed by atoms with Crippen molar-refractivity contribution >= 4 is 0 Å². The van der Waals surface area contributed by atoms with E-state index in [1.54, 1.807) is 12.1 Å². The Labute approximate surface area is 144 Å². The zero-order valence-electron chi connectivity index (χ0n) is 13.3. The van der Waals surface area contributed by atoms with Gasteiger partial charge in [-0.1, -0.05) is 36.1 Å². The predicted octanol–water partition coefficient (Wildman–Crippen LogP) is 2.80. The van der Waals surface area contributed by atoms with Crippen molar-refractivity contribution in [2.45, 2.75) is 12.8 Å². The maximum atomic E-state index is 14.2. The van der Waals surface area contributed by atoms with Crippen LogP contribution in [0.1, 0.15) is 22.4 Å². The summed E-state index contributed by atoms with van der Waals surface area (Å²) >= 11 is 0. The van der Waals surface area contributed by atoms with Crippen molar-refractivity contribution in [2.75, 3.05) is 0 Å². The second-order valence-electron chi connectivity index (χ2n) is 5.46. The van der Waals surface area contributed by atoms with Crippen molar-refractivity contribution in [3.8, 4) is 17.6 Å². The molecule has 4 nitrogen and oxygen atoms in total. The van der Waals surface area contributed by atoms with Crippen molar-refractivity contribution in [3.63, 3.8) is 0 Å². The summed E-state index contributed by atoms with van der Waals surface area (Å²) in [5, 5.41) is 9.65. The third kappa shape index (κ3) is 4.12. The number of aromatic amines is 1. The average Bonchev–Trinajstić information content (AvgIpc) is 2.63. The number of hydrogen-bond donors (Lipinski definition) is 2. The molecule has 0 saturated heterocycles. The Bertz CT molecular complexity index is 1000. The standard InChI is InChI=1S/C20H15FN2O2/c21-17-12-15(8-11-18-19(24)20(25)23-13-22-18)7-10-16(17)9-6-14-4-2-1-3-5-14/h1-5,7,10,12-13,24H,8,11H2,(H,22,23,25). The fourth-order valence-corrected chi connectivity index (χ4v) is 2.35. The molecule has 0 saturated carbocycles. The molecule has 0 aliphatic rings. The van der Waals surface area contributed by atoms with Gasteiger partial charge in [-0.05, 0) is 42.7 Å². The van der Waals surface area contributed by atoms with Gasteiger partial charge in [0.15, 0.2) is 0 Å². The summed E-state index contributed by atoms with van der Waals surface area (Å²) in [6.07, 6.45) is 2.03. The first-order chi connectivity index (χ1) is 12.1. The van der Waals surface area contributed by atoms with Crippen LogP contribution in [-0.4, -0.2) is 15.1 Å². The molecule has 0 bridgehead atoms. The molecule has 3 aromatic rings. The van der Waals surface area contributed by atoms with E-state index >= 15 is 0 Å². The summed E-state index contributed by atoms with van der Waals surface area (Å²) < 4.78 is 14.2. The minimum Gasteiger partial charge on any atom is -0.502 e. The lowest BCUT2D eigenvalue weighted by atomic mass is 10.0. The molecule has 0 atom stereocenters. The van der Waals surface area contributed by atoms with Gasteiger partial charge in [0.05, 0.1) is 17.6 Å². The maximum Gasteiger partial charge on any atom is 0.293 e. The molecule has 0 fully saturated rings. The van der Waals surface area contributed by atoms with E-state index in [1.165, 1.54) is 12.4 Å². The zero-order chi connectivity index (χ0) is 17.6. The number of aromatic nitrogens is 2. The van der Waals surface area contributed by atoms with E-state index in [-0.39, 0.29) is 5.69 Å². The Hall–Kier alpha value is -3.39. The van der Waals surface area contributed by atoms with E-state index in [4.69, 9.17) is 0 Å². The third-order valence-corrected chi connectivity index (χ3v) is 3.70. The summed E-state index contributed by atoms with van der Waals surface area (Å²) in [7, 11) is 0. The molecule has 0 unspecified atom stereocenters. The van der Waals surface area contributed by atoms with Gasteiger partial charge in [-0.3, -0.25) is 4.79 Å². The second kappa shape index (κ2) is 7.45. The summed E-state index contributed by atoms with van der Waals surface area (Å²) in [6.45, 7) is 0. The second-order valence-corrected chi connectivity index (χ2v) is 5.46. The normalized spacial score (nSPS) is 10.1. The molecule has 2 N–H and O–H groups in total. The van der Waals surface area contributed by atoms with Crippen LogP contribution in [0.25, 0.3) is 0 Å². The number of nitrogens with one attached hydrogen (secondary N) is 1. The average molecular weight is 334 g/mol. The van der Waals surface area contributed by atoms with E-state index < -0.39 is 17.1 Å². The molecule has 0 aliphatic heterocycles. The van der Waals surface area contributed by atoms with Gasteiger partial charge in [-0.15, -0.1) is 0 Å². The molecule has 0 radical (unpaired) electrons. The lowest BCUT2D eigenvalue weighted by molar-refractivity contribution is 0.454. The van der Waals surface area contributed by atoms with E-state index in [0.29, 0.717) is 18.4 Å². The highest BCUT2D eigenvalue weighted by Crippen LogP contribution is 2.14. The SMILES string of the molecule is O=c1[nH]cnc(CCc2ccc(C#Cc3ccccc3)c(F)c2)c1O. The van der Waals surface area contributed by atoms with Gasteiger partial charge in [0.25, 0.3) is 5.56 Å². The predicted molar refractivity (Wildman–Crippen MR) is 92.8 cm³/mol. The number of benzene rings is 2. The minimum atomic E-state index is -0.581. The highest BCUT2D eigenvalue weighted by molar-refractivity contribution is 5.44. The van der Waals surface area contributed by atoms with Crippen LogP contribution in [0.5, 0.6) is 5.75 Å². The summed E-state index contributed by atoms with van der Waals surface area (Å²) in [4.78, 5) is 17.5. The van der Waals surface area contributed by atoms with E-state index in [0.717, 1.165) is 11.1 Å². The van der Waals surface area contributed by atoms with Crippen molar-refractivity contribution in [3.05, 3.63) is 93.4 Å². The van der Waals surface area contributed by atoms with Crippen LogP contribution < -0.4 is 5.56 Å². The van der Waals surface area contributed by atoms with Crippen LogP contribution in [0.4, 0.5) is 4.39 Å². The Kier molecular flexibility index (Phi) is 4.91. The molecule has 2 aromatic carbocycles. The zero-order valence-corrected chi connectivity index (χ0v) is 13.3. The van der Waals surface area contributed by atoms with Crippen molar-refractivity contribution in [1.82, 2.24) is 9.97 Å². The van der Waals surface area contributed by atoms with Gasteiger partial charge in [-0.25, -0.2) is 9.37 Å². The molecular formula is C20H15FN2O2. The number of nitrogens with zero attached hydrogens (tertiary/aromatic N) is 1. The maximum absolute atomic E-state index is 14.2. The topological polar surface area (TPSA) is 66.0 Å². The number of H-pyrrole nitrogens is 1. The molecule has 1 heterocycles. The molecule has 124 valence electrons. The molecule has 1 aromatic heterocycles. The molecule has 0 spiro atoms. The molecule has 5 heteroatoms. The Morgan fingerprint density at radius 2 is 1.88 bits per heavy atom. The van der Waals surface area contributed by atoms with Crippen molar-refractivity contribution in [1.29, 1.82) is 0 Å². The Morgan fingerprint density at radius 1 is 1.08 bits per heavy atom. The number of hydrogen-bond acceptors (Lipinski definition) is 3. The van der Waals surface area contributed by atoms with Crippen molar-refractivity contribution in [2.24, 2.45) is 0 Å². The lowest BCUT2D eigenvalue weighted by Gasteiger charge is -2.04. The first-order valence-electron chi connectivity index (χ1n) is 7.74. The van der Waals surface area contributed by atoms with Gasteiger partial charge in [0, 0.05) is 5.56 Å². The monoisotopic (exact) mass is 334 g/mol. The lowest BCUT2D eigenvalue weighted by Crippen LogP contribution is -2.09. The van der Waals surface area contributed by atoms with Gasteiger partial charge < -0.3 is 10.1 Å². The number of halogens is 1. The van der Waals surface area contributed by atoms with Crippen LogP contribution in [-0.2, 0) is 12.8 Å². The first kappa shape index (κ1) is 16.5. The third-order valence-electron chi connectivity index (χ3n) is 3.70. The quantitative estimate of drug-likeness (QED) is 0.724. The summed E-state index contributed by atoms with van der Waals surface area (Å²) in [6, 6.07) is 14.2. The molecule has 25 heavy (non-hydrogen) atoms. The van der Waals surface area contributed by atoms with Crippen LogP contribution >= 0.6 is 0 Å². The smallest absolute Gasteiger partial charge is 0.293 e. The Balaban J connectivity index is 1.73. The number of rotatable bonds is 3. The van der Waals surface area contributed by atoms with Gasteiger partial charge >= 0.3 is 0 Å². The summed E-state index contributed by atoms with van der Waals surface area (Å²) in [5.74, 6) is 4.95. The fraction of sp³-hybridized carbons (Fsp3) is 0.100. The van der Waals surface area contributed by atoms with Crippen LogP contribution in [0, 0.1) is 17.7 Å². The molecular weight excluding hydrogens is 319 g/mol. The van der Waals surface area contributed by atoms with Gasteiger partial charge in [-0.2, -0.15) is 0 Å². The Morgan fingerprint density at radius 3 is 2.64 bits per heavy atom. The minimum absolute atomic E-state index is 0.289. The van der Waals surface area contributed by atoms with Crippen LogP contribution in [0.15, 0.2) is 59.7 Å². The highest BCUT2D eigenvalue weighted by Gasteiger charge is 2.08. The van der Waals surface area contributed by atoms with Crippen molar-refractivity contribution < 1.29 is 9.50 Å². The number of aromatic hydroxyl groups is 1. The number of aryl methyl sites for hydroxylation is 2. The summed E-state index contributed by atoms with van der Waals surface area (Å²) in [5.41, 5.74) is 1.59. The van der Waals surface area contributed by atoms with E-state index in [2.05, 4.69) is 21.8 Å². The first-order valence-corrected chi connectivity index (χ1v) is 7.74. The van der Waals surface area contributed by atoms with Crippen LogP contribution in [0.3, 0.4) is 0 Å².